The Bertz CT molecular complexity index is 1370. The molecule has 11 heteroatoms. The van der Waals surface area contributed by atoms with Gasteiger partial charge in [-0.2, -0.15) is 9.12 Å². The van der Waals surface area contributed by atoms with E-state index >= 15 is 4.39 Å². The van der Waals surface area contributed by atoms with Crippen LogP contribution in [0.15, 0.2) is 30.6 Å². The highest BCUT2D eigenvalue weighted by atomic mass is 19.1. The minimum Gasteiger partial charge on any atom is -0.618 e. The third-order valence-corrected chi connectivity index (χ3v) is 7.39. The second-order valence-electron chi connectivity index (χ2n) is 10.7. The number of nitrogens with zero attached hydrogens (tertiary/aromatic N) is 5. The second-order valence-corrected chi connectivity index (χ2v) is 10.7. The van der Waals surface area contributed by atoms with Crippen molar-refractivity contribution in [1.29, 1.82) is 0 Å². The number of hydrogen-bond acceptors (Lipinski definition) is 6. The normalized spacial score (nSPS) is 16.1. The summed E-state index contributed by atoms with van der Waals surface area (Å²) in [7, 11) is 0. The van der Waals surface area contributed by atoms with Crippen LogP contribution in [-0.4, -0.2) is 37.8 Å². The molecule has 2 amide bonds. The van der Waals surface area contributed by atoms with Gasteiger partial charge >= 0.3 is 0 Å². The standard InChI is InChI=1S/C27H32FN7O3/c1-14(2)35-21(12-29-33-35)26(36)32-24(23(17-5-6-17)18-7-8-18)27(37)31-22-10-9-19(25(28)30-22)20-11-15(3)13-34(38)16(20)4/h9-14,17-18,23-24H,5-8H2,1-4H3,(H,32,36)(H,30,31,37)/t24-/m0/s1. The van der Waals surface area contributed by atoms with Gasteiger partial charge in [0.2, 0.25) is 11.9 Å². The predicted octanol–water partition coefficient (Wildman–Crippen LogP) is 3.48. The molecule has 200 valence electrons. The fourth-order valence-corrected chi connectivity index (χ4v) is 5.18. The van der Waals surface area contributed by atoms with Gasteiger partial charge in [0.1, 0.15) is 17.6 Å². The molecule has 5 rings (SSSR count). The largest absolute Gasteiger partial charge is 0.618 e. The van der Waals surface area contributed by atoms with E-state index < -0.39 is 23.8 Å². The summed E-state index contributed by atoms with van der Waals surface area (Å²) in [6, 6.07) is 3.85. The Balaban J connectivity index is 1.40. The van der Waals surface area contributed by atoms with E-state index in [0.29, 0.717) is 33.4 Å². The average molecular weight is 522 g/mol. The zero-order valence-electron chi connectivity index (χ0n) is 21.9. The molecule has 10 nitrogen and oxygen atoms in total. The molecule has 2 saturated carbocycles. The first-order valence-corrected chi connectivity index (χ1v) is 13.0. The molecular formula is C27H32FN7O3. The highest BCUT2D eigenvalue weighted by Gasteiger charge is 2.48. The maximum absolute atomic E-state index is 15.1. The summed E-state index contributed by atoms with van der Waals surface area (Å²) in [4.78, 5) is 30.8. The molecule has 0 bridgehead atoms. The van der Waals surface area contributed by atoms with Crippen LogP contribution in [0.1, 0.15) is 67.3 Å². The molecule has 1 atom stereocenters. The first-order valence-electron chi connectivity index (χ1n) is 13.0. The summed E-state index contributed by atoms with van der Waals surface area (Å²) in [5, 5.41) is 25.6. The zero-order valence-corrected chi connectivity index (χ0v) is 21.9. The molecule has 0 radical (unpaired) electrons. The van der Waals surface area contributed by atoms with Crippen LogP contribution < -0.4 is 15.4 Å². The maximum atomic E-state index is 15.1. The number of anilines is 1. The molecule has 0 aromatic carbocycles. The number of carbonyl (C=O) groups is 2. The van der Waals surface area contributed by atoms with Gasteiger partial charge in [-0.15, -0.1) is 5.10 Å². The summed E-state index contributed by atoms with van der Waals surface area (Å²) in [6.07, 6.45) is 6.88. The van der Waals surface area contributed by atoms with Crippen molar-refractivity contribution in [2.75, 3.05) is 5.32 Å². The molecule has 38 heavy (non-hydrogen) atoms. The van der Waals surface area contributed by atoms with Crippen molar-refractivity contribution in [1.82, 2.24) is 25.3 Å². The highest BCUT2D eigenvalue weighted by molar-refractivity contribution is 6.00. The molecule has 0 unspecified atom stereocenters. The quantitative estimate of drug-likeness (QED) is 0.252. The Labute approximate surface area is 220 Å². The fraction of sp³-hybridized carbons (Fsp3) is 0.481. The summed E-state index contributed by atoms with van der Waals surface area (Å²) < 4.78 is 17.3. The molecule has 0 saturated heterocycles. The van der Waals surface area contributed by atoms with Crippen LogP contribution in [0.4, 0.5) is 10.2 Å². The third-order valence-electron chi connectivity index (χ3n) is 7.39. The second kappa shape index (κ2) is 10.1. The number of aromatic nitrogens is 5. The van der Waals surface area contributed by atoms with E-state index in [4.69, 9.17) is 0 Å². The number of pyridine rings is 2. The van der Waals surface area contributed by atoms with Crippen LogP contribution in [0.3, 0.4) is 0 Å². The van der Waals surface area contributed by atoms with E-state index in [1.54, 1.807) is 19.9 Å². The number of aryl methyl sites for hydroxylation is 1. The van der Waals surface area contributed by atoms with E-state index in [0.717, 1.165) is 25.7 Å². The lowest BCUT2D eigenvalue weighted by Gasteiger charge is -2.27. The Morgan fingerprint density at radius 2 is 1.82 bits per heavy atom. The van der Waals surface area contributed by atoms with Crippen molar-refractivity contribution in [3.63, 3.8) is 0 Å². The molecule has 0 aliphatic heterocycles. The lowest BCUT2D eigenvalue weighted by Crippen LogP contribution is -2.50. The van der Waals surface area contributed by atoms with Crippen molar-refractivity contribution in [2.45, 2.75) is 65.5 Å². The Morgan fingerprint density at radius 3 is 2.42 bits per heavy atom. The summed E-state index contributed by atoms with van der Waals surface area (Å²) in [6.45, 7) is 7.16. The number of halogens is 1. The van der Waals surface area contributed by atoms with Gasteiger partial charge in [-0.25, -0.2) is 9.67 Å². The molecule has 2 aliphatic rings. The van der Waals surface area contributed by atoms with Crippen molar-refractivity contribution >= 4 is 17.6 Å². The van der Waals surface area contributed by atoms with E-state index in [9.17, 15) is 14.8 Å². The van der Waals surface area contributed by atoms with Crippen molar-refractivity contribution in [3.05, 3.63) is 58.7 Å². The van der Waals surface area contributed by atoms with Crippen molar-refractivity contribution in [3.8, 4) is 11.1 Å². The van der Waals surface area contributed by atoms with Gasteiger partial charge in [0, 0.05) is 24.1 Å². The monoisotopic (exact) mass is 521 g/mol. The number of rotatable bonds is 9. The molecule has 2 fully saturated rings. The molecule has 3 aromatic heterocycles. The minimum absolute atomic E-state index is 0.00565. The van der Waals surface area contributed by atoms with E-state index in [1.165, 1.54) is 29.2 Å². The smallest absolute Gasteiger partial charge is 0.271 e. The van der Waals surface area contributed by atoms with E-state index in [1.807, 2.05) is 13.8 Å². The van der Waals surface area contributed by atoms with Crippen LogP contribution in [-0.2, 0) is 4.79 Å². The van der Waals surface area contributed by atoms with Gasteiger partial charge in [0.25, 0.3) is 5.91 Å². The van der Waals surface area contributed by atoms with Gasteiger partial charge in [-0.1, -0.05) is 5.21 Å². The molecule has 3 aromatic rings. The number of hydrogen-bond donors (Lipinski definition) is 2. The summed E-state index contributed by atoms with van der Waals surface area (Å²) in [5.74, 6) is -0.905. The fourth-order valence-electron chi connectivity index (χ4n) is 5.18. The van der Waals surface area contributed by atoms with Crippen molar-refractivity contribution < 1.29 is 18.7 Å². The van der Waals surface area contributed by atoms with Crippen LogP contribution in [0, 0.1) is 42.8 Å². The SMILES string of the molecule is Cc1cc(-c2ccc(NC(=O)[C@@H](NC(=O)c3cnnn3C(C)C)C(C3CC3)C3CC3)nc2F)c(C)[n+]([O-])c1. The lowest BCUT2D eigenvalue weighted by atomic mass is 9.88. The number of nitrogens with one attached hydrogen (secondary N) is 2. The molecule has 3 heterocycles. The van der Waals surface area contributed by atoms with Gasteiger partial charge in [-0.3, -0.25) is 9.59 Å². The molecule has 0 spiro atoms. The third kappa shape index (κ3) is 5.23. The van der Waals surface area contributed by atoms with Gasteiger partial charge in [-0.05, 0) is 82.4 Å². The van der Waals surface area contributed by atoms with Gasteiger partial charge in [0.05, 0.1) is 11.8 Å². The average Bonchev–Trinajstić information content (AvgIpc) is 3.80. The first kappa shape index (κ1) is 25.7. The van der Waals surface area contributed by atoms with Crippen LogP contribution in [0.25, 0.3) is 11.1 Å². The maximum Gasteiger partial charge on any atom is 0.271 e. The van der Waals surface area contributed by atoms with Crippen LogP contribution >= 0.6 is 0 Å². The van der Waals surface area contributed by atoms with Gasteiger partial charge in [0.15, 0.2) is 11.9 Å². The Morgan fingerprint density at radius 1 is 1.13 bits per heavy atom. The molecule has 2 N–H and O–H groups in total. The van der Waals surface area contributed by atoms with E-state index in [2.05, 4.69) is 25.9 Å². The van der Waals surface area contributed by atoms with Crippen LogP contribution in [0.5, 0.6) is 0 Å². The van der Waals surface area contributed by atoms with Crippen LogP contribution in [0.2, 0.25) is 0 Å². The highest BCUT2D eigenvalue weighted by Crippen LogP contribution is 2.51. The first-order chi connectivity index (χ1) is 18.1. The molecule has 2 aliphatic carbocycles. The number of carbonyl (C=O) groups excluding carboxylic acids is 2. The van der Waals surface area contributed by atoms with Crippen molar-refractivity contribution in [2.24, 2.45) is 17.8 Å². The summed E-state index contributed by atoms with van der Waals surface area (Å²) in [5.41, 5.74) is 1.92. The molecular weight excluding hydrogens is 489 g/mol. The number of amides is 2. The Hall–Kier alpha value is -3.89. The predicted molar refractivity (Wildman–Crippen MR) is 137 cm³/mol. The van der Waals surface area contributed by atoms with Gasteiger partial charge < -0.3 is 15.8 Å². The summed E-state index contributed by atoms with van der Waals surface area (Å²) >= 11 is 0. The topological polar surface area (TPSA) is 129 Å². The minimum atomic E-state index is -0.805. The zero-order chi connectivity index (χ0) is 27.1. The Kier molecular flexibility index (Phi) is 6.85. The van der Waals surface area contributed by atoms with E-state index in [-0.39, 0.29) is 29.0 Å². The lowest BCUT2D eigenvalue weighted by molar-refractivity contribution is -0.612.